The summed E-state index contributed by atoms with van der Waals surface area (Å²) in [5, 5.41) is 11.2. The topological polar surface area (TPSA) is 37.3 Å². The van der Waals surface area contributed by atoms with Gasteiger partial charge in [0.15, 0.2) is 10.7 Å². The van der Waals surface area contributed by atoms with Crippen LogP contribution in [0.1, 0.15) is 22.0 Å². The molecule has 2 aromatic carbocycles. The van der Waals surface area contributed by atoms with Gasteiger partial charge in [0.2, 0.25) is 0 Å². The van der Waals surface area contributed by atoms with Crippen molar-refractivity contribution >= 4 is 35.5 Å². The number of carbonyl (C=O) groups excluding carboxylic acids is 1. The third-order valence-electron chi connectivity index (χ3n) is 3.89. The molecule has 3 unspecified atom stereocenters. The zero-order valence-corrected chi connectivity index (χ0v) is 15.3. The van der Waals surface area contributed by atoms with Crippen LogP contribution >= 0.6 is 11.6 Å². The SMILES string of the molecule is C[S+]1CC(C(O)c2ccc(Cl)cc2)C(=O)c2ccccc21.F[B-](F)(F)F. The highest BCUT2D eigenvalue weighted by atomic mass is 35.5. The van der Waals surface area contributed by atoms with E-state index < -0.39 is 13.4 Å². The number of carbonyl (C=O) groups is 1. The van der Waals surface area contributed by atoms with Crippen molar-refractivity contribution in [2.75, 3.05) is 12.0 Å². The molecular formula is C17H16BClF4O2S. The zero-order chi connectivity index (χ0) is 19.5. The molecule has 0 fully saturated rings. The Labute approximate surface area is 156 Å². The van der Waals surface area contributed by atoms with Crippen molar-refractivity contribution in [3.63, 3.8) is 0 Å². The Morgan fingerprint density at radius 2 is 1.65 bits per heavy atom. The lowest BCUT2D eigenvalue weighted by atomic mass is 9.89. The largest absolute Gasteiger partial charge is 0.673 e. The summed E-state index contributed by atoms with van der Waals surface area (Å²) >= 11 is 5.87. The lowest BCUT2D eigenvalue weighted by molar-refractivity contribution is 0.0713. The van der Waals surface area contributed by atoms with Crippen LogP contribution < -0.4 is 0 Å². The van der Waals surface area contributed by atoms with Crippen LogP contribution in [0.5, 0.6) is 0 Å². The predicted molar refractivity (Wildman–Crippen MR) is 97.3 cm³/mol. The van der Waals surface area contributed by atoms with Crippen LogP contribution in [0.15, 0.2) is 53.4 Å². The van der Waals surface area contributed by atoms with Gasteiger partial charge >= 0.3 is 7.25 Å². The van der Waals surface area contributed by atoms with E-state index >= 15 is 0 Å². The van der Waals surface area contributed by atoms with Gasteiger partial charge < -0.3 is 22.4 Å². The van der Waals surface area contributed by atoms with Crippen LogP contribution in [-0.2, 0) is 10.9 Å². The van der Waals surface area contributed by atoms with Crippen molar-refractivity contribution in [1.82, 2.24) is 0 Å². The fourth-order valence-corrected chi connectivity index (χ4v) is 4.77. The molecule has 1 aliphatic heterocycles. The van der Waals surface area contributed by atoms with E-state index in [0.29, 0.717) is 10.8 Å². The molecule has 2 aromatic rings. The van der Waals surface area contributed by atoms with Crippen LogP contribution in [0.4, 0.5) is 17.3 Å². The Morgan fingerprint density at radius 3 is 2.23 bits per heavy atom. The molecule has 0 aromatic heterocycles. The smallest absolute Gasteiger partial charge is 0.418 e. The third-order valence-corrected chi connectivity index (χ3v) is 6.10. The Hall–Kier alpha value is -1.51. The first-order valence-corrected chi connectivity index (χ1v) is 9.82. The average molecular weight is 407 g/mol. The quantitative estimate of drug-likeness (QED) is 0.442. The molecule has 0 bridgehead atoms. The van der Waals surface area contributed by atoms with Crippen molar-refractivity contribution in [3.8, 4) is 0 Å². The Balaban J connectivity index is 0.000000431. The van der Waals surface area contributed by atoms with Crippen LogP contribution in [0.25, 0.3) is 0 Å². The molecule has 0 aliphatic carbocycles. The number of Topliss-reactive ketones (excluding diaryl/α,β-unsaturated/α-hetero) is 1. The molecule has 0 saturated heterocycles. The summed E-state index contributed by atoms with van der Waals surface area (Å²) in [4.78, 5) is 13.8. The van der Waals surface area contributed by atoms with E-state index in [1.807, 2.05) is 24.3 Å². The highest BCUT2D eigenvalue weighted by Gasteiger charge is 2.42. The molecular weight excluding hydrogens is 391 g/mol. The molecule has 26 heavy (non-hydrogen) atoms. The Morgan fingerprint density at radius 1 is 1.12 bits per heavy atom. The summed E-state index contributed by atoms with van der Waals surface area (Å²) in [6, 6.07) is 14.8. The second-order valence-corrected chi connectivity index (χ2v) is 8.25. The number of benzene rings is 2. The van der Waals surface area contributed by atoms with Crippen LogP contribution in [0, 0.1) is 5.92 Å². The third kappa shape index (κ3) is 5.49. The van der Waals surface area contributed by atoms with Gasteiger partial charge in [0.05, 0.1) is 17.6 Å². The summed E-state index contributed by atoms with van der Waals surface area (Å²) < 4.78 is 39.0. The highest BCUT2D eigenvalue weighted by molar-refractivity contribution is 7.96. The van der Waals surface area contributed by atoms with Crippen molar-refractivity contribution < 1.29 is 27.2 Å². The van der Waals surface area contributed by atoms with E-state index in [4.69, 9.17) is 11.6 Å². The van der Waals surface area contributed by atoms with E-state index in [-0.39, 0.29) is 22.6 Å². The van der Waals surface area contributed by atoms with Gasteiger partial charge in [0.1, 0.15) is 12.0 Å². The Kier molecular flexibility index (Phi) is 6.77. The van der Waals surface area contributed by atoms with E-state index in [1.54, 1.807) is 24.3 Å². The van der Waals surface area contributed by atoms with Gasteiger partial charge in [-0.05, 0) is 29.8 Å². The van der Waals surface area contributed by atoms with E-state index in [0.717, 1.165) is 16.0 Å². The molecule has 140 valence electrons. The number of hydrogen-bond acceptors (Lipinski definition) is 2. The van der Waals surface area contributed by atoms with Crippen LogP contribution in [-0.4, -0.2) is 30.2 Å². The van der Waals surface area contributed by atoms with Gasteiger partial charge in [-0.25, -0.2) is 0 Å². The van der Waals surface area contributed by atoms with Crippen LogP contribution in [0.3, 0.4) is 0 Å². The first-order valence-electron chi connectivity index (χ1n) is 7.64. The van der Waals surface area contributed by atoms with Gasteiger partial charge in [-0.3, -0.25) is 4.79 Å². The molecule has 0 saturated carbocycles. The first kappa shape index (κ1) is 20.8. The maximum atomic E-state index is 12.7. The van der Waals surface area contributed by atoms with Crippen molar-refractivity contribution in [2.45, 2.75) is 11.0 Å². The highest BCUT2D eigenvalue weighted by Crippen LogP contribution is 2.35. The molecule has 1 aliphatic rings. The number of aliphatic hydroxyl groups excluding tert-OH is 1. The van der Waals surface area contributed by atoms with Crippen molar-refractivity contribution in [3.05, 3.63) is 64.7 Å². The van der Waals surface area contributed by atoms with Crippen LogP contribution in [0.2, 0.25) is 5.02 Å². The van der Waals surface area contributed by atoms with Gasteiger partial charge in [0.25, 0.3) is 0 Å². The molecule has 0 spiro atoms. The molecule has 3 atom stereocenters. The fraction of sp³-hybridized carbons (Fsp3) is 0.235. The molecule has 0 radical (unpaired) electrons. The predicted octanol–water partition coefficient (Wildman–Crippen LogP) is 4.79. The molecule has 3 rings (SSSR count). The number of hydrogen-bond donors (Lipinski definition) is 1. The lowest BCUT2D eigenvalue weighted by Gasteiger charge is -2.25. The number of ketones is 1. The fourth-order valence-electron chi connectivity index (χ4n) is 2.74. The molecule has 1 heterocycles. The molecule has 1 N–H and O–H groups in total. The summed E-state index contributed by atoms with van der Waals surface area (Å²) in [7, 11) is -6.02. The number of aliphatic hydroxyl groups is 1. The van der Waals surface area contributed by atoms with Gasteiger partial charge in [-0.2, -0.15) is 0 Å². The molecule has 9 heteroatoms. The van der Waals surface area contributed by atoms with Gasteiger partial charge in [-0.15, -0.1) is 0 Å². The zero-order valence-electron chi connectivity index (χ0n) is 13.7. The maximum Gasteiger partial charge on any atom is 0.673 e. The van der Waals surface area contributed by atoms with Gasteiger partial charge in [0, 0.05) is 15.9 Å². The van der Waals surface area contributed by atoms with Crippen molar-refractivity contribution in [2.24, 2.45) is 5.92 Å². The number of fused-ring (bicyclic) bond motifs is 1. The van der Waals surface area contributed by atoms with E-state index in [9.17, 15) is 27.2 Å². The minimum Gasteiger partial charge on any atom is -0.418 e. The minimum atomic E-state index is -6.00. The average Bonchev–Trinajstić information content (AvgIpc) is 2.57. The minimum absolute atomic E-state index is 0.0215. The number of rotatable bonds is 2. The molecule has 0 amide bonds. The monoisotopic (exact) mass is 406 g/mol. The summed E-state index contributed by atoms with van der Waals surface area (Å²) in [5.74, 6) is 0.354. The summed E-state index contributed by atoms with van der Waals surface area (Å²) in [6.07, 6.45) is 1.35. The molecule has 2 nitrogen and oxygen atoms in total. The van der Waals surface area contributed by atoms with Gasteiger partial charge in [-0.1, -0.05) is 35.9 Å². The first-order chi connectivity index (χ1) is 12.1. The summed E-state index contributed by atoms with van der Waals surface area (Å²) in [5.41, 5.74) is 1.50. The normalized spacial score (nSPS) is 20.7. The van der Waals surface area contributed by atoms with E-state index in [2.05, 4.69) is 6.26 Å². The van der Waals surface area contributed by atoms with Crippen molar-refractivity contribution in [1.29, 1.82) is 0 Å². The lowest BCUT2D eigenvalue weighted by Crippen LogP contribution is -2.35. The number of halogens is 5. The second-order valence-electron chi connectivity index (χ2n) is 5.76. The summed E-state index contributed by atoms with van der Waals surface area (Å²) in [6.45, 7) is 0. The second kappa shape index (κ2) is 8.46. The maximum absolute atomic E-state index is 12.7. The standard InChI is InChI=1S/C17H16ClO2S.BF4/c1-21-10-14(16(19)11-6-8-12(18)9-7-11)17(20)13-4-2-3-5-15(13)21;2-1(3,4)5/h2-9,14,16,19H,10H2,1H3;/q+1;-1. The van der Waals surface area contributed by atoms with E-state index in [1.165, 1.54) is 0 Å². The Bertz CT molecular complexity index is 764.